The second-order valence-corrected chi connectivity index (χ2v) is 5.82. The molecule has 0 spiro atoms. The molecule has 0 saturated heterocycles. The van der Waals surface area contributed by atoms with E-state index in [1.807, 2.05) is 6.92 Å². The van der Waals surface area contributed by atoms with Crippen molar-refractivity contribution in [3.8, 4) is 11.8 Å². The Hall–Kier alpha value is -1.35. The monoisotopic (exact) mass is 281 g/mol. The van der Waals surface area contributed by atoms with E-state index in [0.717, 1.165) is 12.8 Å². The topological polar surface area (TPSA) is 66.4 Å². The Labute approximate surface area is 114 Å². The van der Waals surface area contributed by atoms with Crippen LogP contribution >= 0.6 is 0 Å². The van der Waals surface area contributed by atoms with E-state index >= 15 is 0 Å². The average molecular weight is 281 g/mol. The average Bonchev–Trinajstić information content (AvgIpc) is 2.40. The van der Waals surface area contributed by atoms with Gasteiger partial charge in [0, 0.05) is 18.5 Å². The fourth-order valence-corrected chi connectivity index (χ4v) is 2.55. The van der Waals surface area contributed by atoms with Gasteiger partial charge in [-0.25, -0.2) is 13.1 Å². The van der Waals surface area contributed by atoms with Gasteiger partial charge in [-0.05, 0) is 24.6 Å². The van der Waals surface area contributed by atoms with E-state index in [1.165, 1.54) is 0 Å². The molecule has 0 aliphatic heterocycles. The van der Waals surface area contributed by atoms with Crippen molar-refractivity contribution >= 4 is 10.0 Å². The minimum absolute atomic E-state index is 0.00353. The van der Waals surface area contributed by atoms with Crippen molar-refractivity contribution in [1.82, 2.24) is 4.72 Å². The summed E-state index contributed by atoms with van der Waals surface area (Å²) in [4.78, 5) is 0.222. The summed E-state index contributed by atoms with van der Waals surface area (Å²) in [7, 11) is -3.45. The van der Waals surface area contributed by atoms with E-state index in [-0.39, 0.29) is 11.5 Å². The molecule has 0 amide bonds. The van der Waals surface area contributed by atoms with Crippen LogP contribution in [0.1, 0.15) is 31.7 Å². The van der Waals surface area contributed by atoms with Gasteiger partial charge in [0.15, 0.2) is 0 Å². The van der Waals surface area contributed by atoms with Gasteiger partial charge in [0.25, 0.3) is 0 Å². The van der Waals surface area contributed by atoms with Crippen molar-refractivity contribution in [2.75, 3.05) is 13.2 Å². The summed E-state index contributed by atoms with van der Waals surface area (Å²) in [6.45, 7) is 2.45. The molecule has 2 N–H and O–H groups in total. The molecule has 0 bridgehead atoms. The van der Waals surface area contributed by atoms with Gasteiger partial charge in [-0.2, -0.15) is 0 Å². The maximum atomic E-state index is 12.0. The highest BCUT2D eigenvalue weighted by Gasteiger charge is 2.12. The molecule has 1 rings (SSSR count). The van der Waals surface area contributed by atoms with Crippen molar-refractivity contribution < 1.29 is 13.5 Å². The Balaban J connectivity index is 2.84. The fraction of sp³-hybridized carbons (Fsp3) is 0.429. The normalized spacial score (nSPS) is 10.8. The standard InChI is InChI=1S/C14H19NO3S/c1-2-3-10-15-19(17,18)14-9-6-8-13(12-14)7-4-5-11-16/h6,8-9,12,15-16H,2-3,5,10-11H2,1H3. The SMILES string of the molecule is CCCCNS(=O)(=O)c1cccc(C#CCCO)c1. The first-order chi connectivity index (χ1) is 9.10. The zero-order valence-corrected chi connectivity index (χ0v) is 11.8. The second-order valence-electron chi connectivity index (χ2n) is 4.05. The Bertz CT molecular complexity index is 556. The lowest BCUT2D eigenvalue weighted by Crippen LogP contribution is -2.24. The molecule has 0 radical (unpaired) electrons. The van der Waals surface area contributed by atoms with Gasteiger partial charge in [-0.3, -0.25) is 0 Å². The van der Waals surface area contributed by atoms with Crippen LogP contribution in [0.3, 0.4) is 0 Å². The van der Waals surface area contributed by atoms with E-state index in [9.17, 15) is 8.42 Å². The third kappa shape index (κ3) is 5.43. The number of hydrogen-bond acceptors (Lipinski definition) is 3. The number of rotatable bonds is 6. The highest BCUT2D eigenvalue weighted by atomic mass is 32.2. The van der Waals surface area contributed by atoms with E-state index in [2.05, 4.69) is 16.6 Å². The molecule has 0 unspecified atom stereocenters. The van der Waals surface area contributed by atoms with E-state index < -0.39 is 10.0 Å². The zero-order valence-electron chi connectivity index (χ0n) is 11.0. The smallest absolute Gasteiger partial charge is 0.240 e. The Kier molecular flexibility index (Phi) is 6.57. The predicted octanol–water partition coefficient (Wildman–Crippen LogP) is 1.50. The third-order valence-corrected chi connectivity index (χ3v) is 3.89. The predicted molar refractivity (Wildman–Crippen MR) is 75.1 cm³/mol. The lowest BCUT2D eigenvalue weighted by molar-refractivity contribution is 0.305. The first-order valence-corrected chi connectivity index (χ1v) is 7.78. The summed E-state index contributed by atoms with van der Waals surface area (Å²) < 4.78 is 26.5. The lowest BCUT2D eigenvalue weighted by atomic mass is 10.2. The van der Waals surface area contributed by atoms with Crippen LogP contribution < -0.4 is 4.72 Å². The van der Waals surface area contributed by atoms with Gasteiger partial charge >= 0.3 is 0 Å². The molecule has 0 aromatic heterocycles. The minimum Gasteiger partial charge on any atom is -0.395 e. The van der Waals surface area contributed by atoms with Crippen LogP contribution in [0.4, 0.5) is 0 Å². The van der Waals surface area contributed by atoms with Crippen molar-refractivity contribution in [3.05, 3.63) is 29.8 Å². The van der Waals surface area contributed by atoms with Crippen LogP contribution in [0.25, 0.3) is 0 Å². The van der Waals surface area contributed by atoms with Crippen molar-refractivity contribution in [1.29, 1.82) is 0 Å². The lowest BCUT2D eigenvalue weighted by Gasteiger charge is -2.06. The molecule has 0 heterocycles. The number of sulfonamides is 1. The maximum absolute atomic E-state index is 12.0. The number of aliphatic hydroxyl groups is 1. The highest BCUT2D eigenvalue weighted by molar-refractivity contribution is 7.89. The summed E-state index contributed by atoms with van der Waals surface area (Å²) in [5.74, 6) is 5.59. The molecular weight excluding hydrogens is 262 g/mol. The second kappa shape index (κ2) is 7.95. The van der Waals surface area contributed by atoms with E-state index in [1.54, 1.807) is 24.3 Å². The first kappa shape index (κ1) is 15.7. The fourth-order valence-electron chi connectivity index (χ4n) is 1.43. The zero-order chi connectivity index (χ0) is 14.1. The maximum Gasteiger partial charge on any atom is 0.240 e. The molecule has 5 heteroatoms. The largest absolute Gasteiger partial charge is 0.395 e. The first-order valence-electron chi connectivity index (χ1n) is 6.29. The Morgan fingerprint density at radius 2 is 2.16 bits per heavy atom. The molecular formula is C14H19NO3S. The minimum atomic E-state index is -3.45. The quantitative estimate of drug-likeness (QED) is 0.613. The Morgan fingerprint density at radius 1 is 1.37 bits per heavy atom. The van der Waals surface area contributed by atoms with Gasteiger partial charge in [0.05, 0.1) is 11.5 Å². The van der Waals surface area contributed by atoms with E-state index in [4.69, 9.17) is 5.11 Å². The molecule has 0 aliphatic carbocycles. The van der Waals surface area contributed by atoms with Crippen LogP contribution in [0.2, 0.25) is 0 Å². The number of hydrogen-bond donors (Lipinski definition) is 2. The van der Waals surface area contributed by atoms with Crippen molar-refractivity contribution in [2.24, 2.45) is 0 Å². The van der Waals surface area contributed by atoms with E-state index in [0.29, 0.717) is 18.5 Å². The highest BCUT2D eigenvalue weighted by Crippen LogP contribution is 2.10. The van der Waals surface area contributed by atoms with Gasteiger partial charge in [-0.1, -0.05) is 31.3 Å². The van der Waals surface area contributed by atoms with Crippen LogP contribution in [0.15, 0.2) is 29.2 Å². The molecule has 0 atom stereocenters. The molecule has 0 aliphatic rings. The summed E-state index contributed by atoms with van der Waals surface area (Å²) in [5.41, 5.74) is 0.631. The number of unbranched alkanes of at least 4 members (excludes halogenated alkanes) is 1. The van der Waals surface area contributed by atoms with Crippen molar-refractivity contribution in [3.63, 3.8) is 0 Å². The van der Waals surface area contributed by atoms with Crippen LogP contribution in [-0.2, 0) is 10.0 Å². The van der Waals surface area contributed by atoms with Crippen LogP contribution in [0, 0.1) is 11.8 Å². The van der Waals surface area contributed by atoms with Crippen LogP contribution in [0.5, 0.6) is 0 Å². The Morgan fingerprint density at radius 3 is 2.84 bits per heavy atom. The molecule has 1 aromatic rings. The van der Waals surface area contributed by atoms with Crippen molar-refractivity contribution in [2.45, 2.75) is 31.1 Å². The van der Waals surface area contributed by atoms with Gasteiger partial charge < -0.3 is 5.11 Å². The van der Waals surface area contributed by atoms with Gasteiger partial charge in [0.2, 0.25) is 10.0 Å². The molecule has 4 nitrogen and oxygen atoms in total. The summed E-state index contributed by atoms with van der Waals surface area (Å²) in [6, 6.07) is 6.50. The molecule has 19 heavy (non-hydrogen) atoms. The number of benzene rings is 1. The van der Waals surface area contributed by atoms with Gasteiger partial charge in [-0.15, -0.1) is 0 Å². The molecule has 104 valence electrons. The van der Waals surface area contributed by atoms with Crippen LogP contribution in [-0.4, -0.2) is 26.7 Å². The number of aliphatic hydroxyl groups excluding tert-OH is 1. The molecule has 0 saturated carbocycles. The summed E-state index contributed by atoms with van der Waals surface area (Å²) in [6.07, 6.45) is 2.14. The van der Waals surface area contributed by atoms with Gasteiger partial charge in [0.1, 0.15) is 0 Å². The molecule has 1 aromatic carbocycles. The number of nitrogens with one attached hydrogen (secondary N) is 1. The molecule has 0 fully saturated rings. The third-order valence-electron chi connectivity index (χ3n) is 2.44. The summed E-state index contributed by atoms with van der Waals surface area (Å²) >= 11 is 0. The summed E-state index contributed by atoms with van der Waals surface area (Å²) in [5, 5.41) is 8.64.